The van der Waals surface area contributed by atoms with Crippen molar-refractivity contribution in [3.63, 3.8) is 0 Å². The van der Waals surface area contributed by atoms with Crippen molar-refractivity contribution in [3.8, 4) is 5.75 Å². The summed E-state index contributed by atoms with van der Waals surface area (Å²) in [5, 5.41) is 0. The van der Waals surface area contributed by atoms with Crippen molar-refractivity contribution in [1.29, 1.82) is 0 Å². The molecule has 0 N–H and O–H groups in total. The average Bonchev–Trinajstić information content (AvgIpc) is 2.99. The van der Waals surface area contributed by atoms with Gasteiger partial charge < -0.3 is 4.74 Å². The summed E-state index contributed by atoms with van der Waals surface area (Å²) >= 11 is 0. The zero-order chi connectivity index (χ0) is 12.4. The number of benzene rings is 1. The van der Waals surface area contributed by atoms with Crippen LogP contribution < -0.4 is 4.74 Å². The topological polar surface area (TPSA) is 38.7 Å². The number of aliphatic imine (C=N–C) groups is 1. The van der Waals surface area contributed by atoms with Crippen LogP contribution in [0.25, 0.3) is 0 Å². The van der Waals surface area contributed by atoms with Gasteiger partial charge in [-0.3, -0.25) is 0 Å². The van der Waals surface area contributed by atoms with Crippen molar-refractivity contribution < 1.29 is 9.53 Å². The summed E-state index contributed by atoms with van der Waals surface area (Å²) in [6.45, 7) is 0. The summed E-state index contributed by atoms with van der Waals surface area (Å²) < 4.78 is 5.98. The fourth-order valence-corrected chi connectivity index (χ4v) is 2.73. The van der Waals surface area contributed by atoms with Crippen LogP contribution in [0.3, 0.4) is 0 Å². The number of hydrogen-bond donors (Lipinski definition) is 0. The normalized spacial score (nSPS) is 21.3. The molecule has 0 atom stereocenters. The molecule has 94 valence electrons. The highest BCUT2D eigenvalue weighted by Gasteiger charge is 2.45. The molecule has 2 aliphatic carbocycles. The molecule has 0 aliphatic heterocycles. The lowest BCUT2D eigenvalue weighted by Gasteiger charge is -2.15. The van der Waals surface area contributed by atoms with E-state index in [-0.39, 0.29) is 5.54 Å². The molecule has 3 nitrogen and oxygen atoms in total. The summed E-state index contributed by atoms with van der Waals surface area (Å²) in [4.78, 5) is 14.4. The Morgan fingerprint density at radius 3 is 2.72 bits per heavy atom. The maximum atomic E-state index is 10.5. The third-order valence-electron chi connectivity index (χ3n) is 3.96. The van der Waals surface area contributed by atoms with Crippen LogP contribution in [0.2, 0.25) is 0 Å². The third-order valence-corrected chi connectivity index (χ3v) is 3.96. The fourth-order valence-electron chi connectivity index (χ4n) is 2.73. The number of hydrogen-bond acceptors (Lipinski definition) is 3. The van der Waals surface area contributed by atoms with Crippen LogP contribution in [0.1, 0.15) is 44.1 Å². The highest BCUT2D eigenvalue weighted by atomic mass is 16.5. The van der Waals surface area contributed by atoms with Crippen LogP contribution in [0.5, 0.6) is 5.75 Å². The zero-order valence-corrected chi connectivity index (χ0v) is 10.4. The summed E-state index contributed by atoms with van der Waals surface area (Å²) in [5.41, 5.74) is 0.790. The minimum Gasteiger partial charge on any atom is -0.490 e. The van der Waals surface area contributed by atoms with Crippen molar-refractivity contribution in [2.75, 3.05) is 0 Å². The molecular weight excluding hydrogens is 226 g/mol. The van der Waals surface area contributed by atoms with Gasteiger partial charge in [0.2, 0.25) is 6.08 Å². The number of ether oxygens (including phenoxy) is 1. The second kappa shape index (κ2) is 4.58. The molecule has 3 heteroatoms. The van der Waals surface area contributed by atoms with Crippen LogP contribution >= 0.6 is 0 Å². The number of nitrogens with zero attached hydrogens (tertiary/aromatic N) is 1. The summed E-state index contributed by atoms with van der Waals surface area (Å²) in [6.07, 6.45) is 8.79. The van der Waals surface area contributed by atoms with Gasteiger partial charge >= 0.3 is 0 Å². The first-order valence-electron chi connectivity index (χ1n) is 6.69. The average molecular weight is 243 g/mol. The summed E-state index contributed by atoms with van der Waals surface area (Å²) in [7, 11) is 0. The Balaban J connectivity index is 1.78. The molecule has 0 unspecified atom stereocenters. The van der Waals surface area contributed by atoms with Crippen LogP contribution in [0, 0.1) is 0 Å². The smallest absolute Gasteiger partial charge is 0.235 e. The van der Waals surface area contributed by atoms with Crippen molar-refractivity contribution in [1.82, 2.24) is 0 Å². The van der Waals surface area contributed by atoms with Gasteiger partial charge in [0.25, 0.3) is 0 Å². The Kier molecular flexibility index (Phi) is 2.92. The molecule has 1 aromatic carbocycles. The highest BCUT2D eigenvalue weighted by molar-refractivity contribution is 5.43. The standard InChI is InChI=1S/C15H17NO2/c17-11-16-15(8-9-15)12-4-3-7-14(10-12)18-13-5-1-2-6-13/h3-4,7,10,13H,1-2,5-6,8-9H2. The van der Waals surface area contributed by atoms with Gasteiger partial charge in [0.15, 0.2) is 0 Å². The minimum atomic E-state index is -0.295. The molecule has 3 rings (SSSR count). The van der Waals surface area contributed by atoms with E-state index in [9.17, 15) is 4.79 Å². The van der Waals surface area contributed by atoms with Crippen molar-refractivity contribution in [3.05, 3.63) is 29.8 Å². The number of rotatable bonds is 4. The highest BCUT2D eigenvalue weighted by Crippen LogP contribution is 2.49. The number of carbonyl (C=O) groups excluding carboxylic acids is 1. The van der Waals surface area contributed by atoms with Gasteiger partial charge in [-0.2, -0.15) is 4.99 Å². The first-order chi connectivity index (χ1) is 8.82. The Hall–Kier alpha value is -1.60. The van der Waals surface area contributed by atoms with Gasteiger partial charge in [-0.25, -0.2) is 4.79 Å². The van der Waals surface area contributed by atoms with Crippen molar-refractivity contribution >= 4 is 6.08 Å². The minimum absolute atomic E-state index is 0.295. The van der Waals surface area contributed by atoms with E-state index in [1.54, 1.807) is 6.08 Å². The van der Waals surface area contributed by atoms with E-state index in [0.29, 0.717) is 6.10 Å². The lowest BCUT2D eigenvalue weighted by Crippen LogP contribution is -2.11. The van der Waals surface area contributed by atoms with E-state index >= 15 is 0 Å². The molecule has 0 amide bonds. The lowest BCUT2D eigenvalue weighted by atomic mass is 10.1. The quantitative estimate of drug-likeness (QED) is 0.601. The molecular formula is C15H17NO2. The van der Waals surface area contributed by atoms with Crippen LogP contribution in [-0.2, 0) is 10.3 Å². The van der Waals surface area contributed by atoms with Gasteiger partial charge in [-0.05, 0) is 56.2 Å². The first-order valence-corrected chi connectivity index (χ1v) is 6.69. The Morgan fingerprint density at radius 2 is 2.06 bits per heavy atom. The number of isocyanates is 1. The van der Waals surface area contributed by atoms with Gasteiger partial charge in [0, 0.05) is 0 Å². The fraction of sp³-hybridized carbons (Fsp3) is 0.533. The maximum absolute atomic E-state index is 10.5. The van der Waals surface area contributed by atoms with Gasteiger partial charge in [0.05, 0.1) is 11.6 Å². The summed E-state index contributed by atoms with van der Waals surface area (Å²) in [6, 6.07) is 8.03. The van der Waals surface area contributed by atoms with Gasteiger partial charge in [0.1, 0.15) is 5.75 Å². The molecule has 0 radical (unpaired) electrons. The Morgan fingerprint density at radius 1 is 1.28 bits per heavy atom. The van der Waals surface area contributed by atoms with E-state index in [1.807, 2.05) is 24.3 Å². The van der Waals surface area contributed by atoms with Crippen LogP contribution in [0.15, 0.2) is 29.3 Å². The maximum Gasteiger partial charge on any atom is 0.235 e. The van der Waals surface area contributed by atoms with E-state index in [1.165, 1.54) is 12.8 Å². The molecule has 1 aromatic rings. The van der Waals surface area contributed by atoms with E-state index in [0.717, 1.165) is 37.0 Å². The first kappa shape index (κ1) is 11.5. The predicted molar refractivity (Wildman–Crippen MR) is 68.4 cm³/mol. The van der Waals surface area contributed by atoms with Gasteiger partial charge in [-0.15, -0.1) is 0 Å². The molecule has 0 aromatic heterocycles. The molecule has 2 aliphatic rings. The van der Waals surface area contributed by atoms with Crippen molar-refractivity contribution in [2.24, 2.45) is 4.99 Å². The molecule has 0 saturated heterocycles. The van der Waals surface area contributed by atoms with Crippen molar-refractivity contribution in [2.45, 2.75) is 50.2 Å². The predicted octanol–water partition coefficient (Wildman–Crippen LogP) is 3.33. The van der Waals surface area contributed by atoms with Crippen LogP contribution in [0.4, 0.5) is 0 Å². The Bertz CT molecular complexity index is 481. The lowest BCUT2D eigenvalue weighted by molar-refractivity contribution is 0.209. The summed E-state index contributed by atoms with van der Waals surface area (Å²) in [5.74, 6) is 0.909. The SMILES string of the molecule is O=C=NC1(c2cccc(OC3CCCC3)c2)CC1. The van der Waals surface area contributed by atoms with E-state index in [4.69, 9.17) is 4.74 Å². The molecule has 18 heavy (non-hydrogen) atoms. The largest absolute Gasteiger partial charge is 0.490 e. The molecule has 2 saturated carbocycles. The second-order valence-corrected chi connectivity index (χ2v) is 5.29. The molecule has 0 spiro atoms. The van der Waals surface area contributed by atoms with E-state index in [2.05, 4.69) is 4.99 Å². The molecule has 2 fully saturated rings. The van der Waals surface area contributed by atoms with Crippen LogP contribution in [-0.4, -0.2) is 12.2 Å². The third kappa shape index (κ3) is 2.19. The monoisotopic (exact) mass is 243 g/mol. The van der Waals surface area contributed by atoms with E-state index < -0.39 is 0 Å². The zero-order valence-electron chi connectivity index (χ0n) is 10.4. The van der Waals surface area contributed by atoms with Gasteiger partial charge in [-0.1, -0.05) is 12.1 Å². The molecule has 0 bridgehead atoms. The Labute approximate surface area is 107 Å². The molecule has 0 heterocycles. The second-order valence-electron chi connectivity index (χ2n) is 5.29.